The van der Waals surface area contributed by atoms with Gasteiger partial charge >= 0.3 is 5.76 Å². The summed E-state index contributed by atoms with van der Waals surface area (Å²) in [5, 5.41) is 17.1. The predicted molar refractivity (Wildman–Crippen MR) is 101 cm³/mol. The van der Waals surface area contributed by atoms with Crippen LogP contribution in [0, 0.1) is 0 Å². The van der Waals surface area contributed by atoms with Gasteiger partial charge in [-0.05, 0) is 36.4 Å². The van der Waals surface area contributed by atoms with Gasteiger partial charge in [0.1, 0.15) is 18.5 Å². The SMILES string of the molecule is O=c1[nH]c2ccc(OCC(O)CNCCNc3ccc(Cl)cc3)cc2o1. The summed E-state index contributed by atoms with van der Waals surface area (Å²) in [6.45, 7) is 1.96. The molecule has 0 saturated carbocycles. The summed E-state index contributed by atoms with van der Waals surface area (Å²) in [4.78, 5) is 13.7. The molecule has 2 aromatic carbocycles. The number of halogens is 1. The minimum Gasteiger partial charge on any atom is -0.491 e. The highest BCUT2D eigenvalue weighted by Gasteiger charge is 2.07. The van der Waals surface area contributed by atoms with Crippen LogP contribution in [-0.2, 0) is 0 Å². The topological polar surface area (TPSA) is 99.5 Å². The van der Waals surface area contributed by atoms with Crippen LogP contribution in [-0.4, -0.2) is 42.4 Å². The first-order chi connectivity index (χ1) is 12.6. The fraction of sp³-hybridized carbons (Fsp3) is 0.278. The molecular weight excluding hydrogens is 358 g/mol. The van der Waals surface area contributed by atoms with E-state index in [9.17, 15) is 9.90 Å². The van der Waals surface area contributed by atoms with Crippen LogP contribution >= 0.6 is 11.6 Å². The standard InChI is InChI=1S/C18H20ClN3O4/c19-12-1-3-13(4-2-12)21-8-7-20-10-14(23)11-25-15-5-6-16-17(9-15)26-18(24)22-16/h1-6,9,14,20-21,23H,7-8,10-11H2,(H,22,24). The predicted octanol–water partition coefficient (Wildman–Crippen LogP) is 2.22. The fourth-order valence-electron chi connectivity index (χ4n) is 2.40. The van der Waals surface area contributed by atoms with Gasteiger partial charge in [0.25, 0.3) is 0 Å². The van der Waals surface area contributed by atoms with Crippen LogP contribution < -0.4 is 21.1 Å². The normalized spacial score (nSPS) is 12.2. The van der Waals surface area contributed by atoms with Crippen molar-refractivity contribution in [2.45, 2.75) is 6.10 Å². The summed E-state index contributed by atoms with van der Waals surface area (Å²) in [5.41, 5.74) is 2.03. The number of aromatic nitrogens is 1. The number of hydrogen-bond donors (Lipinski definition) is 4. The first-order valence-electron chi connectivity index (χ1n) is 8.24. The fourth-order valence-corrected chi connectivity index (χ4v) is 2.52. The van der Waals surface area contributed by atoms with Gasteiger partial charge in [-0.1, -0.05) is 11.6 Å². The molecule has 0 aliphatic rings. The Morgan fingerprint density at radius 2 is 2.00 bits per heavy atom. The van der Waals surface area contributed by atoms with Gasteiger partial charge in [0.2, 0.25) is 0 Å². The minimum atomic E-state index is -0.653. The highest BCUT2D eigenvalue weighted by molar-refractivity contribution is 6.30. The average Bonchev–Trinajstić information content (AvgIpc) is 3.00. The van der Waals surface area contributed by atoms with E-state index in [1.807, 2.05) is 24.3 Å². The Morgan fingerprint density at radius 3 is 2.81 bits per heavy atom. The van der Waals surface area contributed by atoms with Crippen molar-refractivity contribution in [1.82, 2.24) is 10.3 Å². The number of aliphatic hydroxyl groups is 1. The van der Waals surface area contributed by atoms with Gasteiger partial charge in [0, 0.05) is 36.4 Å². The minimum absolute atomic E-state index is 0.137. The van der Waals surface area contributed by atoms with Crippen LogP contribution in [0.3, 0.4) is 0 Å². The molecule has 0 aliphatic heterocycles. The lowest BCUT2D eigenvalue weighted by Gasteiger charge is -2.13. The number of aromatic amines is 1. The smallest absolute Gasteiger partial charge is 0.417 e. The van der Waals surface area contributed by atoms with Crippen molar-refractivity contribution >= 4 is 28.4 Å². The summed E-state index contributed by atoms with van der Waals surface area (Å²) in [6, 6.07) is 12.5. The van der Waals surface area contributed by atoms with Crippen LogP contribution in [0.4, 0.5) is 5.69 Å². The zero-order valence-electron chi connectivity index (χ0n) is 14.0. The van der Waals surface area contributed by atoms with E-state index in [2.05, 4.69) is 15.6 Å². The highest BCUT2D eigenvalue weighted by atomic mass is 35.5. The second-order valence-electron chi connectivity index (χ2n) is 5.78. The first-order valence-corrected chi connectivity index (χ1v) is 8.62. The Kier molecular flexibility index (Phi) is 6.17. The molecule has 1 heterocycles. The molecule has 7 nitrogen and oxygen atoms in total. The van der Waals surface area contributed by atoms with Crippen LogP contribution in [0.5, 0.6) is 5.75 Å². The zero-order valence-corrected chi connectivity index (χ0v) is 14.8. The van der Waals surface area contributed by atoms with Crippen LogP contribution in [0.15, 0.2) is 51.7 Å². The number of nitrogens with one attached hydrogen (secondary N) is 3. The van der Waals surface area contributed by atoms with E-state index < -0.39 is 11.9 Å². The van der Waals surface area contributed by atoms with Crippen molar-refractivity contribution < 1.29 is 14.3 Å². The third-order valence-electron chi connectivity index (χ3n) is 3.69. The van der Waals surface area contributed by atoms with Gasteiger partial charge in [0.15, 0.2) is 5.58 Å². The number of fused-ring (bicyclic) bond motifs is 1. The van der Waals surface area contributed by atoms with E-state index in [-0.39, 0.29) is 6.61 Å². The molecule has 0 fully saturated rings. The molecule has 3 aromatic rings. The third-order valence-corrected chi connectivity index (χ3v) is 3.94. The number of H-pyrrole nitrogens is 1. The van der Waals surface area contributed by atoms with Crippen molar-refractivity contribution in [2.24, 2.45) is 0 Å². The van der Waals surface area contributed by atoms with Crippen molar-refractivity contribution in [2.75, 3.05) is 31.6 Å². The Bertz CT molecular complexity index is 891. The van der Waals surface area contributed by atoms with Crippen LogP contribution in [0.1, 0.15) is 0 Å². The summed E-state index contributed by atoms with van der Waals surface area (Å²) in [5.74, 6) is 0.0253. The molecule has 3 rings (SSSR count). The number of rotatable bonds is 9. The lowest BCUT2D eigenvalue weighted by Crippen LogP contribution is -2.34. The van der Waals surface area contributed by atoms with Gasteiger partial charge in [-0.15, -0.1) is 0 Å². The van der Waals surface area contributed by atoms with Crippen LogP contribution in [0.25, 0.3) is 11.1 Å². The van der Waals surface area contributed by atoms with Crippen molar-refractivity contribution in [3.05, 3.63) is 58.0 Å². The maximum Gasteiger partial charge on any atom is 0.417 e. The molecule has 0 spiro atoms. The van der Waals surface area contributed by atoms with Crippen LogP contribution in [0.2, 0.25) is 5.02 Å². The van der Waals surface area contributed by atoms with Gasteiger partial charge in [-0.2, -0.15) is 0 Å². The maximum atomic E-state index is 11.1. The first kappa shape index (κ1) is 18.3. The third kappa shape index (κ3) is 5.26. The van der Waals surface area contributed by atoms with Gasteiger partial charge < -0.3 is 24.9 Å². The van der Waals surface area contributed by atoms with Gasteiger partial charge in [-0.25, -0.2) is 4.79 Å². The van der Waals surface area contributed by atoms with E-state index in [1.54, 1.807) is 18.2 Å². The summed E-state index contributed by atoms with van der Waals surface area (Å²) >= 11 is 5.83. The molecule has 138 valence electrons. The molecule has 1 unspecified atom stereocenters. The number of aliphatic hydroxyl groups excluding tert-OH is 1. The Hall–Kier alpha value is -2.48. The van der Waals surface area contributed by atoms with E-state index in [0.29, 0.717) is 35.0 Å². The molecule has 0 aliphatic carbocycles. The largest absolute Gasteiger partial charge is 0.491 e. The number of benzene rings is 2. The molecule has 4 N–H and O–H groups in total. The van der Waals surface area contributed by atoms with E-state index in [0.717, 1.165) is 12.2 Å². The monoisotopic (exact) mass is 377 g/mol. The van der Waals surface area contributed by atoms with E-state index in [4.69, 9.17) is 20.8 Å². The number of ether oxygens (including phenoxy) is 1. The summed E-state index contributed by atoms with van der Waals surface area (Å²) < 4.78 is 10.5. The number of hydrogen-bond acceptors (Lipinski definition) is 6. The lowest BCUT2D eigenvalue weighted by molar-refractivity contribution is 0.107. The van der Waals surface area contributed by atoms with Crippen molar-refractivity contribution in [3.8, 4) is 5.75 Å². The second-order valence-corrected chi connectivity index (χ2v) is 6.21. The van der Waals surface area contributed by atoms with E-state index >= 15 is 0 Å². The van der Waals surface area contributed by atoms with Crippen molar-refractivity contribution in [3.63, 3.8) is 0 Å². The quantitative estimate of drug-likeness (QED) is 0.427. The summed E-state index contributed by atoms with van der Waals surface area (Å²) in [6.07, 6.45) is -0.653. The highest BCUT2D eigenvalue weighted by Crippen LogP contribution is 2.18. The van der Waals surface area contributed by atoms with Gasteiger partial charge in [0.05, 0.1) is 5.52 Å². The molecule has 0 saturated heterocycles. The Balaban J connectivity index is 1.33. The zero-order chi connectivity index (χ0) is 18.4. The number of oxazole rings is 1. The summed E-state index contributed by atoms with van der Waals surface area (Å²) in [7, 11) is 0. The molecule has 8 heteroatoms. The molecule has 1 atom stereocenters. The molecule has 0 radical (unpaired) electrons. The second kappa shape index (κ2) is 8.75. The molecular formula is C18H20ClN3O4. The Labute approximate surface area is 154 Å². The molecule has 26 heavy (non-hydrogen) atoms. The van der Waals surface area contributed by atoms with Gasteiger partial charge in [-0.3, -0.25) is 4.98 Å². The number of anilines is 1. The Morgan fingerprint density at radius 1 is 1.19 bits per heavy atom. The lowest BCUT2D eigenvalue weighted by atomic mass is 10.3. The van der Waals surface area contributed by atoms with Crippen molar-refractivity contribution in [1.29, 1.82) is 0 Å². The average molecular weight is 378 g/mol. The maximum absolute atomic E-state index is 11.1. The molecule has 0 bridgehead atoms. The molecule has 0 amide bonds. The van der Waals surface area contributed by atoms with E-state index in [1.165, 1.54) is 0 Å². The molecule has 1 aromatic heterocycles.